The van der Waals surface area contributed by atoms with Gasteiger partial charge < -0.3 is 15.8 Å². The molecule has 0 aromatic heterocycles. The number of amides is 1. The number of nitrogens with one attached hydrogen (secondary N) is 1. The van der Waals surface area contributed by atoms with Crippen LogP contribution in [0.4, 0.5) is 0 Å². The number of rotatable bonds is 2. The minimum Gasteiger partial charge on any atom is -0.493 e. The van der Waals surface area contributed by atoms with Gasteiger partial charge in [-0.3, -0.25) is 4.79 Å². The van der Waals surface area contributed by atoms with Gasteiger partial charge in [-0.2, -0.15) is 0 Å². The first-order valence-corrected chi connectivity index (χ1v) is 7.04. The van der Waals surface area contributed by atoms with E-state index in [-0.39, 0.29) is 18.0 Å². The Morgan fingerprint density at radius 3 is 3.05 bits per heavy atom. The summed E-state index contributed by atoms with van der Waals surface area (Å²) in [5, 5.41) is 3.07. The second-order valence-corrected chi connectivity index (χ2v) is 5.52. The molecule has 2 atom stereocenters. The highest BCUT2D eigenvalue weighted by molar-refractivity contribution is 5.94. The Labute approximate surface area is 113 Å². The van der Waals surface area contributed by atoms with E-state index in [1.165, 1.54) is 0 Å². The van der Waals surface area contributed by atoms with Gasteiger partial charge in [0.05, 0.1) is 6.61 Å². The fraction of sp³-hybridized carbons (Fsp3) is 0.533. The highest BCUT2D eigenvalue weighted by Crippen LogP contribution is 2.26. The molecule has 1 aromatic carbocycles. The molecule has 1 saturated carbocycles. The molecule has 4 heteroatoms. The van der Waals surface area contributed by atoms with Gasteiger partial charge in [0.1, 0.15) is 5.75 Å². The lowest BCUT2D eigenvalue weighted by molar-refractivity contribution is 0.0937. The van der Waals surface area contributed by atoms with E-state index in [0.29, 0.717) is 0 Å². The molecule has 0 spiro atoms. The molecule has 1 heterocycles. The third-order valence-electron chi connectivity index (χ3n) is 3.98. The van der Waals surface area contributed by atoms with Crippen LogP contribution in [-0.2, 0) is 6.42 Å². The van der Waals surface area contributed by atoms with Gasteiger partial charge in [0, 0.05) is 17.6 Å². The van der Waals surface area contributed by atoms with Gasteiger partial charge >= 0.3 is 0 Å². The molecule has 19 heavy (non-hydrogen) atoms. The summed E-state index contributed by atoms with van der Waals surface area (Å²) >= 11 is 0. The number of nitrogens with two attached hydrogens (primary N) is 1. The molecule has 1 amide bonds. The fourth-order valence-corrected chi connectivity index (χ4v) is 2.92. The van der Waals surface area contributed by atoms with E-state index in [9.17, 15) is 4.79 Å². The van der Waals surface area contributed by atoms with Crippen molar-refractivity contribution in [3.8, 4) is 5.75 Å². The lowest BCUT2D eigenvalue weighted by atomic mass is 10.0. The predicted molar refractivity (Wildman–Crippen MR) is 73.3 cm³/mol. The van der Waals surface area contributed by atoms with Gasteiger partial charge in [-0.1, -0.05) is 0 Å². The number of benzene rings is 1. The summed E-state index contributed by atoms with van der Waals surface area (Å²) in [6.07, 6.45) is 4.89. The molecule has 0 bridgehead atoms. The highest BCUT2D eigenvalue weighted by Gasteiger charge is 2.24. The first-order chi connectivity index (χ1) is 9.22. The van der Waals surface area contributed by atoms with Gasteiger partial charge in [-0.25, -0.2) is 0 Å². The number of carbonyl (C=O) groups is 1. The van der Waals surface area contributed by atoms with Crippen molar-refractivity contribution in [2.75, 3.05) is 6.61 Å². The largest absolute Gasteiger partial charge is 0.493 e. The molecule has 0 saturated heterocycles. The van der Waals surface area contributed by atoms with Gasteiger partial charge in [0.15, 0.2) is 0 Å². The zero-order chi connectivity index (χ0) is 13.2. The van der Waals surface area contributed by atoms with Gasteiger partial charge in [-0.15, -0.1) is 0 Å². The van der Waals surface area contributed by atoms with Crippen LogP contribution in [0.2, 0.25) is 0 Å². The maximum atomic E-state index is 12.2. The van der Waals surface area contributed by atoms with Crippen LogP contribution >= 0.6 is 0 Å². The van der Waals surface area contributed by atoms with E-state index < -0.39 is 0 Å². The molecular weight excluding hydrogens is 240 g/mol. The van der Waals surface area contributed by atoms with E-state index in [2.05, 4.69) is 5.32 Å². The molecule has 1 aliphatic heterocycles. The van der Waals surface area contributed by atoms with Gasteiger partial charge in [-0.05, 0) is 55.9 Å². The quantitative estimate of drug-likeness (QED) is 0.849. The number of aryl methyl sites for hydroxylation is 1. The Hall–Kier alpha value is -1.55. The van der Waals surface area contributed by atoms with Crippen LogP contribution in [-0.4, -0.2) is 24.6 Å². The summed E-state index contributed by atoms with van der Waals surface area (Å²) in [7, 11) is 0. The van der Waals surface area contributed by atoms with E-state index in [4.69, 9.17) is 10.5 Å². The summed E-state index contributed by atoms with van der Waals surface area (Å²) < 4.78 is 5.56. The fourth-order valence-electron chi connectivity index (χ4n) is 2.92. The maximum absolute atomic E-state index is 12.2. The average molecular weight is 260 g/mol. The van der Waals surface area contributed by atoms with Crippen molar-refractivity contribution >= 4 is 5.91 Å². The Morgan fingerprint density at radius 1 is 1.37 bits per heavy atom. The molecule has 1 fully saturated rings. The topological polar surface area (TPSA) is 64.3 Å². The minimum absolute atomic E-state index is 0.00692. The molecule has 3 rings (SSSR count). The minimum atomic E-state index is 0.00692. The molecule has 102 valence electrons. The summed E-state index contributed by atoms with van der Waals surface area (Å²) in [4.78, 5) is 12.2. The molecule has 2 aliphatic rings. The van der Waals surface area contributed by atoms with E-state index in [0.717, 1.165) is 55.6 Å². The molecular formula is C15H20N2O2. The lowest BCUT2D eigenvalue weighted by Crippen LogP contribution is -2.34. The summed E-state index contributed by atoms with van der Waals surface area (Å²) in [5.41, 5.74) is 7.73. The smallest absolute Gasteiger partial charge is 0.251 e. The maximum Gasteiger partial charge on any atom is 0.251 e. The zero-order valence-electron chi connectivity index (χ0n) is 11.0. The van der Waals surface area contributed by atoms with Crippen LogP contribution < -0.4 is 15.8 Å². The van der Waals surface area contributed by atoms with E-state index in [1.54, 1.807) is 0 Å². The highest BCUT2D eigenvalue weighted by atomic mass is 16.5. The predicted octanol–water partition coefficient (Wildman–Crippen LogP) is 1.62. The van der Waals surface area contributed by atoms with Gasteiger partial charge in [0.2, 0.25) is 0 Å². The third kappa shape index (κ3) is 2.73. The van der Waals surface area contributed by atoms with Crippen LogP contribution in [0.1, 0.15) is 41.6 Å². The third-order valence-corrected chi connectivity index (χ3v) is 3.98. The van der Waals surface area contributed by atoms with Crippen LogP contribution in [0.5, 0.6) is 5.75 Å². The molecule has 1 aromatic rings. The van der Waals surface area contributed by atoms with Crippen LogP contribution in [0, 0.1) is 0 Å². The van der Waals surface area contributed by atoms with Crippen molar-refractivity contribution in [2.45, 2.75) is 44.2 Å². The number of hydrogen-bond donors (Lipinski definition) is 2. The van der Waals surface area contributed by atoms with Crippen LogP contribution in [0.15, 0.2) is 18.2 Å². The number of ether oxygens (including phenoxy) is 1. The number of hydrogen-bond acceptors (Lipinski definition) is 3. The second kappa shape index (κ2) is 5.21. The lowest BCUT2D eigenvalue weighted by Gasteiger charge is -2.18. The molecule has 4 nitrogen and oxygen atoms in total. The number of carbonyl (C=O) groups excluding carboxylic acids is 1. The molecule has 2 unspecified atom stereocenters. The van der Waals surface area contributed by atoms with Crippen molar-refractivity contribution in [1.29, 1.82) is 0 Å². The van der Waals surface area contributed by atoms with Crippen molar-refractivity contribution in [2.24, 2.45) is 5.73 Å². The summed E-state index contributed by atoms with van der Waals surface area (Å²) in [6, 6.07) is 6.17. The second-order valence-electron chi connectivity index (χ2n) is 5.52. The standard InChI is InChI=1S/C15H20N2O2/c16-12-4-5-13(9-12)17-15(18)11-3-6-14-10(8-11)2-1-7-19-14/h3,6,8,12-13H,1-2,4-5,7,9,16H2,(H,17,18). The van der Waals surface area contributed by atoms with Crippen LogP contribution in [0.3, 0.4) is 0 Å². The van der Waals surface area contributed by atoms with Crippen molar-refractivity contribution in [3.63, 3.8) is 0 Å². The summed E-state index contributed by atoms with van der Waals surface area (Å²) in [6.45, 7) is 0.776. The molecule has 0 radical (unpaired) electrons. The molecule has 1 aliphatic carbocycles. The van der Waals surface area contributed by atoms with Gasteiger partial charge in [0.25, 0.3) is 5.91 Å². The first-order valence-electron chi connectivity index (χ1n) is 7.04. The van der Waals surface area contributed by atoms with Crippen molar-refractivity contribution < 1.29 is 9.53 Å². The average Bonchev–Trinajstić information content (AvgIpc) is 2.83. The van der Waals surface area contributed by atoms with Crippen LogP contribution in [0.25, 0.3) is 0 Å². The van der Waals surface area contributed by atoms with Crippen molar-refractivity contribution in [3.05, 3.63) is 29.3 Å². The Kier molecular flexibility index (Phi) is 3.42. The van der Waals surface area contributed by atoms with E-state index in [1.807, 2.05) is 18.2 Å². The first kappa shape index (κ1) is 12.5. The van der Waals surface area contributed by atoms with E-state index >= 15 is 0 Å². The molecule has 3 N–H and O–H groups in total. The Balaban J connectivity index is 1.69. The van der Waals surface area contributed by atoms with Crippen molar-refractivity contribution in [1.82, 2.24) is 5.32 Å². The normalized spacial score (nSPS) is 25.5. The monoisotopic (exact) mass is 260 g/mol. The number of fused-ring (bicyclic) bond motifs is 1. The Morgan fingerprint density at radius 2 is 2.26 bits per heavy atom. The SMILES string of the molecule is NC1CCC(NC(=O)c2ccc3c(c2)CCCO3)C1. The Bertz CT molecular complexity index is 487. The zero-order valence-corrected chi connectivity index (χ0v) is 11.0. The summed E-state index contributed by atoms with van der Waals surface area (Å²) in [5.74, 6) is 0.929.